The summed E-state index contributed by atoms with van der Waals surface area (Å²) in [6, 6.07) is 0. The molecule has 3 aliphatic heterocycles. The molecule has 7 heteroatoms. The zero-order valence-electron chi connectivity index (χ0n) is 14.5. The number of hydrogen-bond donors (Lipinski definition) is 2. The van der Waals surface area contributed by atoms with Crippen LogP contribution < -0.4 is 0 Å². The van der Waals surface area contributed by atoms with E-state index in [0.717, 1.165) is 45.9 Å². The Kier molecular flexibility index (Phi) is 3.88. The normalized spacial score (nSPS) is 25.4. The average molecular weight is 359 g/mol. The Labute approximate surface area is 150 Å². The summed E-state index contributed by atoms with van der Waals surface area (Å²) in [5.74, 6) is 0.547. The van der Waals surface area contributed by atoms with E-state index in [1.807, 2.05) is 13.8 Å². The number of hydrogen-bond acceptors (Lipinski definition) is 5. The van der Waals surface area contributed by atoms with Crippen LogP contribution in [-0.2, 0) is 9.53 Å². The minimum Gasteiger partial charge on any atom is -0.492 e. The van der Waals surface area contributed by atoms with E-state index in [9.17, 15) is 9.90 Å². The molecule has 0 aliphatic carbocycles. The number of aromatic amines is 1. The fraction of sp³-hybridized carbons (Fsp3) is 0.500. The lowest BCUT2D eigenvalue weighted by Crippen LogP contribution is -2.40. The van der Waals surface area contributed by atoms with Crippen molar-refractivity contribution in [2.45, 2.75) is 50.9 Å². The maximum Gasteiger partial charge on any atom is 0.264 e. The van der Waals surface area contributed by atoms with Crippen LogP contribution in [0.2, 0.25) is 0 Å². The van der Waals surface area contributed by atoms with E-state index < -0.39 is 5.60 Å². The fourth-order valence-corrected chi connectivity index (χ4v) is 4.87. The molecule has 2 atom stereocenters. The second-order valence-corrected chi connectivity index (χ2v) is 7.95. The molecular formula is C18H21N3O3S. The number of aryl methyl sites for hydroxylation is 1. The van der Waals surface area contributed by atoms with E-state index in [-0.39, 0.29) is 11.2 Å². The van der Waals surface area contributed by atoms with Gasteiger partial charge < -0.3 is 9.84 Å². The Balaban J connectivity index is 1.93. The molecule has 0 bridgehead atoms. The van der Waals surface area contributed by atoms with Crippen molar-refractivity contribution in [1.29, 1.82) is 0 Å². The van der Waals surface area contributed by atoms with E-state index in [2.05, 4.69) is 15.2 Å². The van der Waals surface area contributed by atoms with Crippen molar-refractivity contribution in [1.82, 2.24) is 10.2 Å². The molecule has 4 heterocycles. The topological polar surface area (TPSA) is 87.6 Å². The van der Waals surface area contributed by atoms with Gasteiger partial charge in [-0.25, -0.2) is 4.99 Å². The van der Waals surface area contributed by atoms with Gasteiger partial charge in [0.25, 0.3) is 5.91 Å². The minimum absolute atomic E-state index is 0.216. The Bertz CT molecular complexity index is 848. The molecule has 0 aromatic carbocycles. The molecule has 6 nitrogen and oxygen atoms in total. The quantitative estimate of drug-likeness (QED) is 0.866. The number of aromatic nitrogens is 2. The molecule has 0 saturated heterocycles. The Morgan fingerprint density at radius 2 is 2.32 bits per heavy atom. The number of H-pyrrole nitrogens is 1. The highest BCUT2D eigenvalue weighted by atomic mass is 32.2. The maximum atomic E-state index is 12.7. The highest BCUT2D eigenvalue weighted by Crippen LogP contribution is 2.52. The van der Waals surface area contributed by atoms with Crippen molar-refractivity contribution >= 4 is 28.3 Å². The van der Waals surface area contributed by atoms with Gasteiger partial charge in [0.15, 0.2) is 0 Å². The van der Waals surface area contributed by atoms with Crippen molar-refractivity contribution in [3.8, 4) is 0 Å². The van der Waals surface area contributed by atoms with Gasteiger partial charge >= 0.3 is 0 Å². The lowest BCUT2D eigenvalue weighted by atomic mass is 9.83. The van der Waals surface area contributed by atoms with Gasteiger partial charge in [-0.3, -0.25) is 9.89 Å². The predicted molar refractivity (Wildman–Crippen MR) is 97.2 cm³/mol. The molecule has 1 aromatic rings. The van der Waals surface area contributed by atoms with Gasteiger partial charge in [0, 0.05) is 16.8 Å². The molecule has 3 aliphatic rings. The van der Waals surface area contributed by atoms with Crippen LogP contribution in [0.25, 0.3) is 4.91 Å². The van der Waals surface area contributed by atoms with Crippen LogP contribution in [0.3, 0.4) is 0 Å². The molecule has 1 unspecified atom stereocenters. The zero-order valence-corrected chi connectivity index (χ0v) is 15.4. The number of dihydropyridines is 1. The zero-order chi connectivity index (χ0) is 17.8. The maximum absolute atomic E-state index is 12.7. The summed E-state index contributed by atoms with van der Waals surface area (Å²) in [4.78, 5) is 18.0. The molecule has 25 heavy (non-hydrogen) atoms. The Morgan fingerprint density at radius 3 is 3.00 bits per heavy atom. The lowest BCUT2D eigenvalue weighted by Gasteiger charge is -2.30. The number of ether oxygens (including phenoxy) is 1. The number of nitrogens with one attached hydrogen (secondary N) is 1. The second kappa shape index (κ2) is 5.85. The Morgan fingerprint density at radius 1 is 1.52 bits per heavy atom. The third kappa shape index (κ3) is 2.48. The highest BCUT2D eigenvalue weighted by molar-refractivity contribution is 8.10. The summed E-state index contributed by atoms with van der Waals surface area (Å²) in [5.41, 5.74) is 3.18. The Hall–Kier alpha value is -1.86. The second-order valence-electron chi connectivity index (χ2n) is 6.84. The van der Waals surface area contributed by atoms with E-state index >= 15 is 0 Å². The molecule has 1 aromatic heterocycles. The van der Waals surface area contributed by atoms with Crippen molar-refractivity contribution < 1.29 is 14.6 Å². The molecular weight excluding hydrogens is 338 g/mol. The minimum atomic E-state index is -1.11. The van der Waals surface area contributed by atoms with Gasteiger partial charge in [0.1, 0.15) is 16.6 Å². The number of carbonyl (C=O) groups is 1. The van der Waals surface area contributed by atoms with Gasteiger partial charge in [-0.2, -0.15) is 5.10 Å². The summed E-state index contributed by atoms with van der Waals surface area (Å²) in [6.45, 7) is 6.17. The summed E-state index contributed by atoms with van der Waals surface area (Å²) in [5, 5.41) is 17.5. The van der Waals surface area contributed by atoms with Gasteiger partial charge in [-0.1, -0.05) is 6.92 Å². The molecule has 132 valence electrons. The first-order valence-electron chi connectivity index (χ1n) is 8.57. The number of nitrogens with zero attached hydrogens (tertiary/aromatic N) is 2. The van der Waals surface area contributed by atoms with Crippen LogP contribution in [0.4, 0.5) is 0 Å². The van der Waals surface area contributed by atoms with E-state index in [1.165, 1.54) is 11.8 Å². The van der Waals surface area contributed by atoms with Gasteiger partial charge in [-0.05, 0) is 38.7 Å². The highest BCUT2D eigenvalue weighted by Gasteiger charge is 2.46. The third-order valence-corrected chi connectivity index (χ3v) is 6.41. The largest absolute Gasteiger partial charge is 0.492 e. The smallest absolute Gasteiger partial charge is 0.264 e. The number of allylic oxidation sites excluding steroid dienone is 1. The number of aliphatic hydroxyl groups is 1. The lowest BCUT2D eigenvalue weighted by molar-refractivity contribution is -0.116. The average Bonchev–Trinajstić information content (AvgIpc) is 3.09. The molecule has 0 saturated carbocycles. The molecule has 1 amide bonds. The van der Waals surface area contributed by atoms with Crippen LogP contribution in [0.15, 0.2) is 28.1 Å². The third-order valence-electron chi connectivity index (χ3n) is 5.10. The first-order chi connectivity index (χ1) is 11.9. The number of thioether (sulfide) groups is 1. The first kappa shape index (κ1) is 16.6. The van der Waals surface area contributed by atoms with E-state index in [1.54, 1.807) is 13.1 Å². The van der Waals surface area contributed by atoms with Crippen LogP contribution >= 0.6 is 11.8 Å². The van der Waals surface area contributed by atoms with Gasteiger partial charge in [0.05, 0.1) is 23.4 Å². The molecule has 0 fully saturated rings. The van der Waals surface area contributed by atoms with E-state index in [4.69, 9.17) is 4.74 Å². The van der Waals surface area contributed by atoms with E-state index in [0.29, 0.717) is 18.7 Å². The van der Waals surface area contributed by atoms with Crippen LogP contribution in [0, 0.1) is 6.92 Å². The van der Waals surface area contributed by atoms with Crippen LogP contribution in [0.1, 0.15) is 44.4 Å². The van der Waals surface area contributed by atoms with Crippen LogP contribution in [-0.4, -0.2) is 44.4 Å². The van der Waals surface area contributed by atoms with Crippen molar-refractivity contribution in [2.24, 2.45) is 4.99 Å². The van der Waals surface area contributed by atoms with Crippen LogP contribution in [0.5, 0.6) is 0 Å². The molecule has 4 rings (SSSR count). The van der Waals surface area contributed by atoms with Gasteiger partial charge in [-0.15, -0.1) is 11.8 Å². The summed E-state index contributed by atoms with van der Waals surface area (Å²) in [7, 11) is 0. The predicted octanol–water partition coefficient (Wildman–Crippen LogP) is 2.75. The van der Waals surface area contributed by atoms with Gasteiger partial charge in [0.2, 0.25) is 0 Å². The monoisotopic (exact) mass is 359 g/mol. The summed E-state index contributed by atoms with van der Waals surface area (Å²) < 4.78 is 6.07. The van der Waals surface area contributed by atoms with Crippen molar-refractivity contribution in [3.63, 3.8) is 0 Å². The summed E-state index contributed by atoms with van der Waals surface area (Å²) in [6.07, 6.45) is 3.87. The number of amides is 1. The standard InChI is InChI=1S/C18H21N3O3S/c1-4-18(3,23)16-10-6-5-7-24-13-12(10)15(17(22)20-16)25-14(13)11-8-19-21-9(11)2/h8,15,23H,4-7H2,1-3H3,(H,19,21)/t15?,18-/m1/s1. The SMILES string of the molecule is CC[C@@](C)(O)C1=NC(=O)C2SC(c3cn[nH]c3C)=C3OCCCC1=C32. The number of rotatable bonds is 3. The van der Waals surface area contributed by atoms with Crippen molar-refractivity contribution in [2.75, 3.05) is 6.61 Å². The summed E-state index contributed by atoms with van der Waals surface area (Å²) >= 11 is 1.48. The van der Waals surface area contributed by atoms with Crippen molar-refractivity contribution in [3.05, 3.63) is 34.4 Å². The first-order valence-corrected chi connectivity index (χ1v) is 9.45. The molecule has 0 radical (unpaired) electrons. The number of aliphatic imine (C=N–C) groups is 1. The number of carbonyl (C=O) groups excluding carboxylic acids is 1. The molecule has 0 spiro atoms. The fourth-order valence-electron chi connectivity index (χ4n) is 3.50. The molecule has 2 N–H and O–H groups in total.